The van der Waals surface area contributed by atoms with E-state index in [1.54, 1.807) is 24.3 Å². The Balaban J connectivity index is 2.34. The van der Waals surface area contributed by atoms with Gasteiger partial charge in [-0.05, 0) is 24.0 Å². The lowest BCUT2D eigenvalue weighted by Crippen LogP contribution is -2.57. The first kappa shape index (κ1) is 11.8. The standard InChI is InChI=1S/C11H11F3OS/c1-16-9-4-2-8(3-5-9)10(6-15-7-10)11(12,13)14/h2-5H,6-7H2,1H3. The highest BCUT2D eigenvalue weighted by Crippen LogP contribution is 2.46. The quantitative estimate of drug-likeness (QED) is 0.743. The molecule has 0 aromatic heterocycles. The van der Waals surface area contributed by atoms with Gasteiger partial charge in [0.15, 0.2) is 0 Å². The lowest BCUT2D eigenvalue weighted by atomic mass is 9.78. The fourth-order valence-corrected chi connectivity index (χ4v) is 2.12. The second-order valence-electron chi connectivity index (χ2n) is 3.80. The van der Waals surface area contributed by atoms with Crippen molar-refractivity contribution in [2.24, 2.45) is 0 Å². The van der Waals surface area contributed by atoms with Gasteiger partial charge in [0.05, 0.1) is 13.2 Å². The van der Waals surface area contributed by atoms with Crippen LogP contribution in [0.2, 0.25) is 0 Å². The molecule has 1 saturated heterocycles. The second-order valence-corrected chi connectivity index (χ2v) is 4.68. The van der Waals surface area contributed by atoms with E-state index >= 15 is 0 Å². The first-order valence-electron chi connectivity index (χ1n) is 4.79. The number of thioether (sulfide) groups is 1. The zero-order valence-corrected chi connectivity index (χ0v) is 9.49. The maximum atomic E-state index is 12.9. The predicted octanol–water partition coefficient (Wildman–Crippen LogP) is 3.24. The summed E-state index contributed by atoms with van der Waals surface area (Å²) in [6.07, 6.45) is -2.35. The Kier molecular flexibility index (Phi) is 2.92. The van der Waals surface area contributed by atoms with Crippen molar-refractivity contribution >= 4 is 11.8 Å². The monoisotopic (exact) mass is 248 g/mol. The first-order chi connectivity index (χ1) is 7.49. The first-order valence-corrected chi connectivity index (χ1v) is 6.01. The topological polar surface area (TPSA) is 9.23 Å². The molecule has 1 aliphatic rings. The summed E-state index contributed by atoms with van der Waals surface area (Å²) in [5.41, 5.74) is -1.49. The number of ether oxygens (including phenoxy) is 1. The minimum absolute atomic E-state index is 0.269. The predicted molar refractivity (Wildman–Crippen MR) is 56.8 cm³/mol. The normalized spacial score (nSPS) is 19.2. The number of rotatable bonds is 2. The minimum Gasteiger partial charge on any atom is -0.379 e. The van der Waals surface area contributed by atoms with Crippen LogP contribution in [-0.2, 0) is 10.2 Å². The maximum absolute atomic E-state index is 12.9. The van der Waals surface area contributed by atoms with Crippen LogP contribution in [0.15, 0.2) is 29.2 Å². The average molecular weight is 248 g/mol. The third kappa shape index (κ3) is 1.72. The molecule has 5 heteroatoms. The highest BCUT2D eigenvalue weighted by atomic mass is 32.2. The molecule has 1 nitrogen and oxygen atoms in total. The van der Waals surface area contributed by atoms with E-state index in [2.05, 4.69) is 0 Å². The Bertz CT molecular complexity index is 368. The molecule has 1 aromatic rings. The maximum Gasteiger partial charge on any atom is 0.402 e. The lowest BCUT2D eigenvalue weighted by Gasteiger charge is -2.43. The van der Waals surface area contributed by atoms with Crippen molar-refractivity contribution in [3.63, 3.8) is 0 Å². The molecule has 0 spiro atoms. The summed E-state index contributed by atoms with van der Waals surface area (Å²) >= 11 is 1.51. The SMILES string of the molecule is CSc1ccc(C2(C(F)(F)F)COC2)cc1. The molecule has 2 rings (SSSR count). The summed E-state index contributed by atoms with van der Waals surface area (Å²) in [5.74, 6) is 0. The van der Waals surface area contributed by atoms with E-state index in [4.69, 9.17) is 4.74 Å². The van der Waals surface area contributed by atoms with Gasteiger partial charge in [-0.1, -0.05) is 12.1 Å². The zero-order chi connectivity index (χ0) is 11.8. The van der Waals surface area contributed by atoms with Gasteiger partial charge >= 0.3 is 6.18 Å². The summed E-state index contributed by atoms with van der Waals surface area (Å²) in [7, 11) is 0. The van der Waals surface area contributed by atoms with Crippen molar-refractivity contribution in [3.05, 3.63) is 29.8 Å². The lowest BCUT2D eigenvalue weighted by molar-refractivity contribution is -0.262. The summed E-state index contributed by atoms with van der Waals surface area (Å²) in [5, 5.41) is 0. The van der Waals surface area contributed by atoms with Gasteiger partial charge < -0.3 is 4.74 Å². The molecular formula is C11H11F3OS. The molecule has 0 amide bonds. The van der Waals surface area contributed by atoms with E-state index in [1.807, 2.05) is 6.26 Å². The minimum atomic E-state index is -4.24. The van der Waals surface area contributed by atoms with Crippen LogP contribution in [0.1, 0.15) is 5.56 Å². The van der Waals surface area contributed by atoms with Crippen molar-refractivity contribution in [2.45, 2.75) is 16.5 Å². The Hall–Kier alpha value is -0.680. The molecule has 0 saturated carbocycles. The molecule has 0 unspecified atom stereocenters. The Morgan fingerprint density at radius 1 is 1.19 bits per heavy atom. The van der Waals surface area contributed by atoms with Crippen molar-refractivity contribution < 1.29 is 17.9 Å². The molecular weight excluding hydrogens is 237 g/mol. The van der Waals surface area contributed by atoms with Crippen LogP contribution < -0.4 is 0 Å². The van der Waals surface area contributed by atoms with Crippen molar-refractivity contribution in [1.29, 1.82) is 0 Å². The summed E-state index contributed by atoms with van der Waals surface area (Å²) in [6.45, 7) is -0.537. The number of benzene rings is 1. The number of alkyl halides is 3. The average Bonchev–Trinajstić information content (AvgIpc) is 2.15. The van der Waals surface area contributed by atoms with E-state index < -0.39 is 11.6 Å². The Morgan fingerprint density at radius 3 is 2.06 bits per heavy atom. The summed E-state index contributed by atoms with van der Waals surface area (Å²) in [4.78, 5) is 0.960. The van der Waals surface area contributed by atoms with Crippen LogP contribution in [-0.4, -0.2) is 25.6 Å². The van der Waals surface area contributed by atoms with Gasteiger partial charge in [0.1, 0.15) is 5.41 Å². The van der Waals surface area contributed by atoms with Gasteiger partial charge in [0.2, 0.25) is 0 Å². The van der Waals surface area contributed by atoms with E-state index in [0.29, 0.717) is 5.56 Å². The van der Waals surface area contributed by atoms with E-state index in [-0.39, 0.29) is 13.2 Å². The van der Waals surface area contributed by atoms with E-state index in [9.17, 15) is 13.2 Å². The van der Waals surface area contributed by atoms with Crippen LogP contribution in [0.25, 0.3) is 0 Å². The summed E-state index contributed by atoms with van der Waals surface area (Å²) in [6, 6.07) is 6.52. The molecule has 0 atom stereocenters. The van der Waals surface area contributed by atoms with Crippen molar-refractivity contribution in [1.82, 2.24) is 0 Å². The molecule has 1 aromatic carbocycles. The van der Waals surface area contributed by atoms with Crippen LogP contribution in [0.5, 0.6) is 0 Å². The van der Waals surface area contributed by atoms with Crippen LogP contribution in [0.4, 0.5) is 13.2 Å². The van der Waals surface area contributed by atoms with Crippen molar-refractivity contribution in [3.8, 4) is 0 Å². The van der Waals surface area contributed by atoms with Crippen molar-refractivity contribution in [2.75, 3.05) is 19.5 Å². The highest BCUT2D eigenvalue weighted by Gasteiger charge is 2.60. The van der Waals surface area contributed by atoms with Gasteiger partial charge in [-0.15, -0.1) is 11.8 Å². The van der Waals surface area contributed by atoms with Gasteiger partial charge in [0, 0.05) is 4.90 Å². The Morgan fingerprint density at radius 2 is 1.75 bits per heavy atom. The van der Waals surface area contributed by atoms with Gasteiger partial charge in [-0.2, -0.15) is 13.2 Å². The molecule has 0 radical (unpaired) electrons. The molecule has 1 heterocycles. The molecule has 1 aliphatic heterocycles. The third-order valence-corrected chi connectivity index (χ3v) is 3.63. The number of halogens is 3. The second kappa shape index (κ2) is 3.96. The number of hydrogen-bond donors (Lipinski definition) is 0. The largest absolute Gasteiger partial charge is 0.402 e. The molecule has 0 bridgehead atoms. The van der Waals surface area contributed by atoms with Gasteiger partial charge in [0.25, 0.3) is 0 Å². The fourth-order valence-electron chi connectivity index (χ4n) is 1.71. The zero-order valence-electron chi connectivity index (χ0n) is 8.67. The third-order valence-electron chi connectivity index (χ3n) is 2.88. The molecule has 0 N–H and O–H groups in total. The summed E-state index contributed by atoms with van der Waals surface area (Å²) < 4.78 is 43.6. The smallest absolute Gasteiger partial charge is 0.379 e. The Labute approximate surface area is 96.0 Å². The molecule has 1 fully saturated rings. The van der Waals surface area contributed by atoms with Crippen LogP contribution >= 0.6 is 11.8 Å². The molecule has 88 valence electrons. The van der Waals surface area contributed by atoms with E-state index in [1.165, 1.54) is 11.8 Å². The van der Waals surface area contributed by atoms with Gasteiger partial charge in [-0.3, -0.25) is 0 Å². The number of hydrogen-bond acceptors (Lipinski definition) is 2. The fraction of sp³-hybridized carbons (Fsp3) is 0.455. The van der Waals surface area contributed by atoms with Crippen LogP contribution in [0, 0.1) is 0 Å². The van der Waals surface area contributed by atoms with E-state index in [0.717, 1.165) is 4.90 Å². The van der Waals surface area contributed by atoms with Crippen LogP contribution in [0.3, 0.4) is 0 Å². The highest BCUT2D eigenvalue weighted by molar-refractivity contribution is 7.98. The molecule has 0 aliphatic carbocycles. The molecule has 16 heavy (non-hydrogen) atoms. The van der Waals surface area contributed by atoms with Gasteiger partial charge in [-0.25, -0.2) is 0 Å².